The number of rotatable bonds is 3. The van der Waals surface area contributed by atoms with Gasteiger partial charge in [0, 0.05) is 17.4 Å². The van der Waals surface area contributed by atoms with Crippen molar-refractivity contribution in [2.75, 3.05) is 6.54 Å². The topological polar surface area (TPSA) is 44.9 Å². The van der Waals surface area contributed by atoms with E-state index in [1.807, 2.05) is 31.2 Å². The number of nitrogens with one attached hydrogen (secondary N) is 2. The number of aryl methyl sites for hydroxylation is 1. The lowest BCUT2D eigenvalue weighted by atomic mass is 10.1. The molecule has 0 radical (unpaired) electrons. The number of benzene rings is 1. The molecular weight excluding hydrogens is 279 g/mol. The third kappa shape index (κ3) is 2.86. The Morgan fingerprint density at radius 1 is 1.32 bits per heavy atom. The highest BCUT2D eigenvalue weighted by Gasteiger charge is 2.15. The number of hydrogen-bond donors (Lipinski definition) is 2. The molecule has 2 aromatic rings. The van der Waals surface area contributed by atoms with Crippen LogP contribution >= 0.6 is 0 Å². The van der Waals surface area contributed by atoms with Crippen molar-refractivity contribution in [2.24, 2.45) is 0 Å². The maximum Gasteiger partial charge on any atom is 0.268 e. The summed E-state index contributed by atoms with van der Waals surface area (Å²) < 4.78 is 13.3. The van der Waals surface area contributed by atoms with Crippen LogP contribution in [0.25, 0.3) is 10.9 Å². The van der Waals surface area contributed by atoms with Crippen molar-refractivity contribution in [3.05, 3.63) is 71.2 Å². The standard InChI is InChI=1S/C18H17FN2O/c1-12-15-10-14(19)8-9-16(15)21-17(12)18(22)20-11-13-6-4-2-3-5-7-13/h2-6,8-10,21H,7,11H2,1H3,(H,20,22). The van der Waals surface area contributed by atoms with Crippen LogP contribution in [0.2, 0.25) is 0 Å². The minimum absolute atomic E-state index is 0.174. The molecule has 4 heteroatoms. The van der Waals surface area contributed by atoms with Crippen LogP contribution in [-0.2, 0) is 0 Å². The molecule has 0 bridgehead atoms. The summed E-state index contributed by atoms with van der Waals surface area (Å²) in [6.45, 7) is 2.32. The van der Waals surface area contributed by atoms with Crippen LogP contribution in [0.5, 0.6) is 0 Å². The second-order valence-corrected chi connectivity index (χ2v) is 5.34. The van der Waals surface area contributed by atoms with Crippen molar-refractivity contribution < 1.29 is 9.18 Å². The number of allylic oxidation sites excluding steroid dienone is 5. The number of carbonyl (C=O) groups excluding carboxylic acids is 1. The molecule has 0 aliphatic heterocycles. The molecule has 3 nitrogen and oxygen atoms in total. The summed E-state index contributed by atoms with van der Waals surface area (Å²) in [5.41, 5.74) is 3.16. The number of halogens is 1. The van der Waals surface area contributed by atoms with Crippen LogP contribution in [-0.4, -0.2) is 17.4 Å². The Kier molecular flexibility index (Phi) is 3.92. The monoisotopic (exact) mass is 296 g/mol. The number of aromatic amines is 1. The summed E-state index contributed by atoms with van der Waals surface area (Å²) in [6.07, 6.45) is 10.8. The van der Waals surface area contributed by atoms with Gasteiger partial charge in [-0.3, -0.25) is 4.79 Å². The van der Waals surface area contributed by atoms with E-state index >= 15 is 0 Å². The van der Waals surface area contributed by atoms with E-state index in [-0.39, 0.29) is 11.7 Å². The third-order valence-electron chi connectivity index (χ3n) is 3.79. The van der Waals surface area contributed by atoms with Crippen LogP contribution < -0.4 is 5.32 Å². The van der Waals surface area contributed by atoms with Gasteiger partial charge in [-0.2, -0.15) is 0 Å². The van der Waals surface area contributed by atoms with E-state index in [2.05, 4.69) is 16.4 Å². The van der Waals surface area contributed by atoms with Gasteiger partial charge in [-0.15, -0.1) is 0 Å². The number of amides is 1. The summed E-state index contributed by atoms with van der Waals surface area (Å²) >= 11 is 0. The van der Waals surface area contributed by atoms with E-state index in [0.717, 1.165) is 28.5 Å². The van der Waals surface area contributed by atoms with Crippen LogP contribution in [0.15, 0.2) is 54.2 Å². The average Bonchev–Trinajstić information content (AvgIpc) is 2.69. The van der Waals surface area contributed by atoms with Crippen molar-refractivity contribution in [3.63, 3.8) is 0 Å². The van der Waals surface area contributed by atoms with Gasteiger partial charge in [-0.25, -0.2) is 4.39 Å². The highest BCUT2D eigenvalue weighted by Crippen LogP contribution is 2.22. The first-order valence-corrected chi connectivity index (χ1v) is 7.22. The van der Waals surface area contributed by atoms with E-state index in [1.54, 1.807) is 6.07 Å². The van der Waals surface area contributed by atoms with E-state index in [1.165, 1.54) is 12.1 Å². The normalized spacial score (nSPS) is 14.0. The molecule has 1 aliphatic carbocycles. The van der Waals surface area contributed by atoms with Gasteiger partial charge in [0.15, 0.2) is 0 Å². The number of H-pyrrole nitrogens is 1. The van der Waals surface area contributed by atoms with E-state index < -0.39 is 0 Å². The van der Waals surface area contributed by atoms with Crippen LogP contribution in [0.3, 0.4) is 0 Å². The Balaban J connectivity index is 1.78. The van der Waals surface area contributed by atoms with Gasteiger partial charge in [0.1, 0.15) is 11.5 Å². The molecule has 1 aliphatic rings. The van der Waals surface area contributed by atoms with Gasteiger partial charge >= 0.3 is 0 Å². The lowest BCUT2D eigenvalue weighted by molar-refractivity contribution is 0.0952. The first kappa shape index (κ1) is 14.3. The first-order chi connectivity index (χ1) is 10.6. The Morgan fingerprint density at radius 3 is 3.05 bits per heavy atom. The molecule has 0 saturated carbocycles. The summed E-state index contributed by atoms with van der Waals surface area (Å²) in [7, 11) is 0. The molecule has 0 fully saturated rings. The molecule has 1 amide bonds. The zero-order chi connectivity index (χ0) is 15.5. The fraction of sp³-hybridized carbons (Fsp3) is 0.167. The average molecular weight is 296 g/mol. The quantitative estimate of drug-likeness (QED) is 0.889. The fourth-order valence-corrected chi connectivity index (χ4v) is 2.56. The predicted molar refractivity (Wildman–Crippen MR) is 86.3 cm³/mol. The largest absolute Gasteiger partial charge is 0.350 e. The summed E-state index contributed by atoms with van der Waals surface area (Å²) in [6, 6.07) is 4.48. The van der Waals surface area contributed by atoms with Crippen molar-refractivity contribution in [1.82, 2.24) is 10.3 Å². The molecule has 1 aromatic heterocycles. The van der Waals surface area contributed by atoms with Gasteiger partial charge in [0.05, 0.1) is 0 Å². The second kappa shape index (κ2) is 6.02. The Labute approximate surface area is 128 Å². The maximum absolute atomic E-state index is 13.3. The molecule has 0 spiro atoms. The number of hydrogen-bond acceptors (Lipinski definition) is 1. The zero-order valence-corrected chi connectivity index (χ0v) is 12.3. The predicted octanol–water partition coefficient (Wildman–Crippen LogP) is 3.79. The van der Waals surface area contributed by atoms with Gasteiger partial charge in [0.2, 0.25) is 0 Å². The molecule has 3 rings (SSSR count). The Bertz CT molecular complexity index is 812. The Hall–Kier alpha value is -2.62. The minimum Gasteiger partial charge on any atom is -0.350 e. The minimum atomic E-state index is -0.302. The van der Waals surface area contributed by atoms with Gasteiger partial charge in [-0.05, 0) is 42.7 Å². The summed E-state index contributed by atoms with van der Waals surface area (Å²) in [5.74, 6) is -0.476. The number of aromatic nitrogens is 1. The smallest absolute Gasteiger partial charge is 0.268 e. The van der Waals surface area contributed by atoms with Gasteiger partial charge in [-0.1, -0.05) is 30.4 Å². The highest BCUT2D eigenvalue weighted by atomic mass is 19.1. The molecular formula is C18H17FN2O. The molecule has 22 heavy (non-hydrogen) atoms. The van der Waals surface area contributed by atoms with Crippen molar-refractivity contribution in [1.29, 1.82) is 0 Å². The molecule has 0 atom stereocenters. The highest BCUT2D eigenvalue weighted by molar-refractivity contribution is 6.00. The zero-order valence-electron chi connectivity index (χ0n) is 12.3. The lowest BCUT2D eigenvalue weighted by Crippen LogP contribution is -2.26. The van der Waals surface area contributed by atoms with E-state index in [0.29, 0.717) is 12.2 Å². The molecule has 1 heterocycles. The van der Waals surface area contributed by atoms with Crippen LogP contribution in [0.4, 0.5) is 4.39 Å². The fourth-order valence-electron chi connectivity index (χ4n) is 2.56. The van der Waals surface area contributed by atoms with Crippen molar-refractivity contribution in [3.8, 4) is 0 Å². The maximum atomic E-state index is 13.3. The Morgan fingerprint density at radius 2 is 2.18 bits per heavy atom. The SMILES string of the molecule is Cc1c(C(=O)NCC2=CC=CC=CC2)[nH]c2ccc(F)cc12. The molecule has 2 N–H and O–H groups in total. The summed E-state index contributed by atoms with van der Waals surface area (Å²) in [5, 5.41) is 3.65. The van der Waals surface area contributed by atoms with Crippen LogP contribution in [0.1, 0.15) is 22.5 Å². The van der Waals surface area contributed by atoms with E-state index in [9.17, 15) is 9.18 Å². The van der Waals surface area contributed by atoms with Gasteiger partial charge < -0.3 is 10.3 Å². The van der Waals surface area contributed by atoms with Crippen molar-refractivity contribution >= 4 is 16.8 Å². The summed E-state index contributed by atoms with van der Waals surface area (Å²) in [4.78, 5) is 15.4. The molecule has 0 unspecified atom stereocenters. The van der Waals surface area contributed by atoms with E-state index in [4.69, 9.17) is 0 Å². The number of fused-ring (bicyclic) bond motifs is 1. The lowest BCUT2D eigenvalue weighted by Gasteiger charge is -2.06. The van der Waals surface area contributed by atoms with Crippen LogP contribution in [0, 0.1) is 12.7 Å². The second-order valence-electron chi connectivity index (χ2n) is 5.34. The molecule has 0 saturated heterocycles. The molecule has 1 aromatic carbocycles. The number of carbonyl (C=O) groups is 1. The van der Waals surface area contributed by atoms with Crippen molar-refractivity contribution in [2.45, 2.75) is 13.3 Å². The third-order valence-corrected chi connectivity index (χ3v) is 3.79. The molecule has 112 valence electrons. The van der Waals surface area contributed by atoms with Gasteiger partial charge in [0.25, 0.3) is 5.91 Å². The first-order valence-electron chi connectivity index (χ1n) is 7.22.